The fourth-order valence-electron chi connectivity index (χ4n) is 7.00. The first kappa shape index (κ1) is 41.3. The molecule has 10 rings (SSSR count). The van der Waals surface area contributed by atoms with Crippen molar-refractivity contribution in [3.8, 4) is 0 Å². The second kappa shape index (κ2) is 20.2. The van der Waals surface area contributed by atoms with Crippen molar-refractivity contribution in [3.05, 3.63) is 131 Å². The number of benzene rings is 4. The fraction of sp³-hybridized carbons (Fsp3) is 0.318. The summed E-state index contributed by atoms with van der Waals surface area (Å²) in [5.41, 5.74) is 10.7. The number of nitrogens with zero attached hydrogens (tertiary/aromatic N) is 2. The molecule has 5 amide bonds. The first-order valence-corrected chi connectivity index (χ1v) is 19.6. The molecule has 8 N–H and O–H groups in total. The van der Waals surface area contributed by atoms with Gasteiger partial charge in [-0.3, -0.25) is 39.2 Å². The van der Waals surface area contributed by atoms with Crippen LogP contribution in [0, 0.1) is 5.41 Å². The molecule has 58 heavy (non-hydrogen) atoms. The monoisotopic (exact) mass is 785 g/mol. The maximum Gasteiger partial charge on any atom is 0.243 e. The van der Waals surface area contributed by atoms with E-state index in [1.165, 1.54) is 0 Å². The topological polar surface area (TPSA) is 202 Å². The van der Waals surface area contributed by atoms with Crippen LogP contribution in [0.3, 0.4) is 0 Å². The minimum absolute atomic E-state index is 0.0624. The highest BCUT2D eigenvalue weighted by atomic mass is 16.2. The van der Waals surface area contributed by atoms with Crippen molar-refractivity contribution in [2.75, 3.05) is 49.9 Å². The van der Waals surface area contributed by atoms with E-state index < -0.39 is 23.9 Å². The number of nitrogens with two attached hydrogens (primary N) is 1. The molecule has 4 aromatic rings. The highest BCUT2D eigenvalue weighted by molar-refractivity contribution is 5.95. The van der Waals surface area contributed by atoms with E-state index in [0.717, 1.165) is 22.3 Å². The molecule has 14 nitrogen and oxygen atoms in total. The van der Waals surface area contributed by atoms with Crippen molar-refractivity contribution in [2.45, 2.75) is 50.7 Å². The Balaban J connectivity index is 1.23. The third-order valence-electron chi connectivity index (χ3n) is 10.3. The predicted molar refractivity (Wildman–Crippen MR) is 223 cm³/mol. The molecule has 0 unspecified atom stereocenters. The van der Waals surface area contributed by atoms with Gasteiger partial charge in [0.15, 0.2) is 0 Å². The third kappa shape index (κ3) is 12.6. The first-order chi connectivity index (χ1) is 28.1. The van der Waals surface area contributed by atoms with Crippen LogP contribution < -0.4 is 32.3 Å². The maximum atomic E-state index is 14.2. The van der Waals surface area contributed by atoms with Crippen molar-refractivity contribution in [1.82, 2.24) is 25.8 Å². The van der Waals surface area contributed by atoms with Gasteiger partial charge in [0.2, 0.25) is 29.5 Å². The molecule has 6 aliphatic rings. The molecule has 6 aliphatic heterocycles. The molecule has 0 radical (unpaired) electrons. The number of piperazine rings is 1. The number of amides is 5. The maximum absolute atomic E-state index is 14.2. The van der Waals surface area contributed by atoms with Crippen molar-refractivity contribution in [1.29, 1.82) is 5.41 Å². The van der Waals surface area contributed by atoms with Crippen LogP contribution in [-0.4, -0.2) is 96.5 Å². The van der Waals surface area contributed by atoms with E-state index in [2.05, 4.69) is 36.4 Å². The molecular formula is C44H51N9O5. The van der Waals surface area contributed by atoms with Crippen LogP contribution in [0.1, 0.15) is 40.7 Å². The van der Waals surface area contributed by atoms with Crippen LogP contribution in [0.2, 0.25) is 0 Å². The Hall–Kier alpha value is -6.38. The lowest BCUT2D eigenvalue weighted by Crippen LogP contribution is -2.55. The van der Waals surface area contributed by atoms with Crippen LogP contribution in [0.5, 0.6) is 0 Å². The number of nitrogens with one attached hydrogen (secondary N) is 6. The highest BCUT2D eigenvalue weighted by Crippen LogP contribution is 2.16. The molecule has 14 heteroatoms. The standard InChI is InChI=1S/C44H51N9O5/c45-42(46)34-15-9-33(10-16-34)27-47-43(57)37-25-31-11-17-35(18-12-31)48-40(55)28-52-21-23-53(24-22-52)29-41(56)49-36-19-13-32(14-20-36)26-38(44(58)51-37)50-39(54)8-4-7-30-5-2-1-3-6-30/h1-3,5-6,9-20,37-38H,4,7-8,21-29H2,(H3,45,46)(H,47,57)(H,48,55)(H,49,56)(H,50,54)(H,51,58)/t37-,38+/m0/s1. The molecule has 0 aromatic heterocycles. The quantitative estimate of drug-likeness (QED) is 0.0992. The summed E-state index contributed by atoms with van der Waals surface area (Å²) in [6.45, 7) is 3.19. The van der Waals surface area contributed by atoms with Crippen LogP contribution >= 0.6 is 0 Å². The molecule has 0 saturated carbocycles. The molecule has 4 aromatic carbocycles. The largest absolute Gasteiger partial charge is 0.384 e. The summed E-state index contributed by atoms with van der Waals surface area (Å²) in [5, 5.41) is 22.3. The van der Waals surface area contributed by atoms with Crippen molar-refractivity contribution >= 4 is 46.7 Å². The van der Waals surface area contributed by atoms with E-state index in [9.17, 15) is 24.0 Å². The number of hydrogen-bond donors (Lipinski definition) is 7. The lowest BCUT2D eigenvalue weighted by Gasteiger charge is -2.33. The SMILES string of the molecule is N=C(N)c1ccc(CNC(=O)[C@@H]2Cc3ccc(cc3)NC(=O)CN3CCN(CC3)CC(=O)Nc3ccc(cc3)C[C@@H](NC(=O)CCCc3ccccc3)C(=O)N2)cc1. The van der Waals surface area contributed by atoms with Crippen LogP contribution in [0.4, 0.5) is 11.4 Å². The minimum Gasteiger partial charge on any atom is -0.384 e. The number of nitrogen functional groups attached to an aromatic ring is 1. The number of amidine groups is 1. The van der Waals surface area contributed by atoms with Gasteiger partial charge in [0.1, 0.15) is 17.9 Å². The molecule has 0 spiro atoms. The Bertz CT molecular complexity index is 2050. The van der Waals surface area contributed by atoms with E-state index in [1.807, 2.05) is 42.5 Å². The Labute approximate surface area is 338 Å². The van der Waals surface area contributed by atoms with Gasteiger partial charge in [-0.15, -0.1) is 0 Å². The average molecular weight is 786 g/mol. The van der Waals surface area contributed by atoms with E-state index in [4.69, 9.17) is 11.1 Å². The molecule has 302 valence electrons. The number of anilines is 2. The molecule has 2 atom stereocenters. The smallest absolute Gasteiger partial charge is 0.243 e. The number of aryl methyl sites for hydroxylation is 1. The van der Waals surface area contributed by atoms with Gasteiger partial charge in [0, 0.05) is 68.9 Å². The molecule has 6 heterocycles. The molecule has 1 saturated heterocycles. The second-order valence-corrected chi connectivity index (χ2v) is 14.8. The summed E-state index contributed by atoms with van der Waals surface area (Å²) in [5.74, 6) is -1.64. The number of hydrogen-bond acceptors (Lipinski definition) is 8. The third-order valence-corrected chi connectivity index (χ3v) is 10.3. The number of fused-ring (bicyclic) bond motifs is 1. The first-order valence-electron chi connectivity index (χ1n) is 19.6. The number of carbonyl (C=O) groups excluding carboxylic acids is 5. The Morgan fingerprint density at radius 1 is 0.707 bits per heavy atom. The zero-order valence-electron chi connectivity index (χ0n) is 32.5. The van der Waals surface area contributed by atoms with E-state index in [0.29, 0.717) is 56.0 Å². The van der Waals surface area contributed by atoms with Gasteiger partial charge in [-0.25, -0.2) is 0 Å². The van der Waals surface area contributed by atoms with Gasteiger partial charge >= 0.3 is 0 Å². The molecular weight excluding hydrogens is 735 g/mol. The van der Waals surface area contributed by atoms with Crippen LogP contribution in [0.25, 0.3) is 0 Å². The lowest BCUT2D eigenvalue weighted by molar-refractivity contribution is -0.132. The van der Waals surface area contributed by atoms with Gasteiger partial charge < -0.3 is 32.3 Å². The minimum atomic E-state index is -1.02. The second-order valence-electron chi connectivity index (χ2n) is 14.8. The normalized spacial score (nSPS) is 20.2. The van der Waals surface area contributed by atoms with E-state index in [-0.39, 0.29) is 62.5 Å². The van der Waals surface area contributed by atoms with Crippen molar-refractivity contribution < 1.29 is 24.0 Å². The van der Waals surface area contributed by atoms with Crippen molar-refractivity contribution in [3.63, 3.8) is 0 Å². The Morgan fingerprint density at radius 2 is 1.26 bits per heavy atom. The summed E-state index contributed by atoms with van der Waals surface area (Å²) >= 11 is 0. The van der Waals surface area contributed by atoms with Gasteiger partial charge in [-0.1, -0.05) is 78.9 Å². The van der Waals surface area contributed by atoms with E-state index >= 15 is 0 Å². The van der Waals surface area contributed by atoms with Gasteiger partial charge in [-0.05, 0) is 59.4 Å². The molecule has 6 bridgehead atoms. The summed E-state index contributed by atoms with van der Waals surface area (Å²) in [6, 6.07) is 29.0. The van der Waals surface area contributed by atoms with Gasteiger partial charge in [-0.2, -0.15) is 0 Å². The zero-order chi connectivity index (χ0) is 40.9. The number of carbonyl (C=O) groups is 5. The van der Waals surface area contributed by atoms with Crippen LogP contribution in [0.15, 0.2) is 103 Å². The predicted octanol–water partition coefficient (Wildman–Crippen LogP) is 2.57. The number of rotatable bonds is 9. The summed E-state index contributed by atoms with van der Waals surface area (Å²) in [4.78, 5) is 71.4. The fourth-order valence-corrected chi connectivity index (χ4v) is 7.00. The Morgan fingerprint density at radius 3 is 1.81 bits per heavy atom. The van der Waals surface area contributed by atoms with E-state index in [1.54, 1.807) is 60.7 Å². The Kier molecular flexibility index (Phi) is 14.3. The van der Waals surface area contributed by atoms with Crippen molar-refractivity contribution in [2.24, 2.45) is 5.73 Å². The van der Waals surface area contributed by atoms with Gasteiger partial charge in [0.05, 0.1) is 13.1 Å². The zero-order valence-corrected chi connectivity index (χ0v) is 32.5. The summed E-state index contributed by atoms with van der Waals surface area (Å²) in [6.07, 6.45) is 1.76. The molecule has 0 aliphatic carbocycles. The van der Waals surface area contributed by atoms with Crippen LogP contribution in [-0.2, 0) is 49.8 Å². The highest BCUT2D eigenvalue weighted by Gasteiger charge is 2.28. The van der Waals surface area contributed by atoms with Gasteiger partial charge in [0.25, 0.3) is 0 Å². The lowest BCUT2D eigenvalue weighted by atomic mass is 10.0. The summed E-state index contributed by atoms with van der Waals surface area (Å²) in [7, 11) is 0. The molecule has 1 fully saturated rings. The summed E-state index contributed by atoms with van der Waals surface area (Å²) < 4.78 is 0. The average Bonchev–Trinajstić information content (AvgIpc) is 3.21.